The van der Waals surface area contributed by atoms with Gasteiger partial charge in [0.25, 0.3) is 5.91 Å². The molecule has 0 aliphatic heterocycles. The highest BCUT2D eigenvalue weighted by Crippen LogP contribution is 2.35. The van der Waals surface area contributed by atoms with Gasteiger partial charge in [0.2, 0.25) is 0 Å². The Morgan fingerprint density at radius 2 is 2.06 bits per heavy atom. The second-order valence-corrected chi connectivity index (χ2v) is 8.43. The van der Waals surface area contributed by atoms with E-state index >= 15 is 0 Å². The zero-order valence-electron chi connectivity index (χ0n) is 16.6. The monoisotopic (exact) mass is 454 g/mol. The quantitative estimate of drug-likeness (QED) is 0.593. The Labute approximate surface area is 179 Å². The second kappa shape index (κ2) is 8.46. The average Bonchev–Trinajstić information content (AvgIpc) is 3.40. The fourth-order valence-corrected chi connectivity index (χ4v) is 4.52. The number of anilines is 1. The molecule has 31 heavy (non-hydrogen) atoms. The summed E-state index contributed by atoms with van der Waals surface area (Å²) in [6, 6.07) is 3.60. The van der Waals surface area contributed by atoms with Crippen LogP contribution in [0.1, 0.15) is 47.2 Å². The molecule has 0 bridgehead atoms. The van der Waals surface area contributed by atoms with Crippen molar-refractivity contribution in [1.82, 2.24) is 14.8 Å². The molecule has 0 unspecified atom stereocenters. The Morgan fingerprint density at radius 3 is 2.68 bits per heavy atom. The van der Waals surface area contributed by atoms with Crippen LogP contribution in [0.4, 0.5) is 18.9 Å². The minimum atomic E-state index is -4.60. The van der Waals surface area contributed by atoms with Crippen LogP contribution in [-0.2, 0) is 6.18 Å². The number of alkyl halides is 3. The maximum absolute atomic E-state index is 12.8. The number of rotatable bonds is 5. The lowest BCUT2D eigenvalue weighted by Crippen LogP contribution is -2.20. The van der Waals surface area contributed by atoms with Gasteiger partial charge in [-0.15, -0.1) is 11.3 Å². The molecule has 2 aromatic heterocycles. The van der Waals surface area contributed by atoms with E-state index in [0.717, 1.165) is 36.4 Å². The molecule has 0 radical (unpaired) electrons. The first-order valence-corrected chi connectivity index (χ1v) is 10.7. The van der Waals surface area contributed by atoms with Crippen molar-refractivity contribution in [2.24, 2.45) is 5.92 Å². The van der Waals surface area contributed by atoms with Crippen molar-refractivity contribution in [3.05, 3.63) is 34.4 Å². The first-order valence-electron chi connectivity index (χ1n) is 9.80. The topological polar surface area (TPSA) is 89.3 Å². The summed E-state index contributed by atoms with van der Waals surface area (Å²) < 4.78 is 45.5. The normalized spacial score (nSPS) is 19.5. The van der Waals surface area contributed by atoms with Crippen LogP contribution in [0, 0.1) is 5.92 Å². The molecule has 1 fully saturated rings. The van der Waals surface area contributed by atoms with Gasteiger partial charge in [0.15, 0.2) is 10.7 Å². The lowest BCUT2D eigenvalue weighted by Gasteiger charge is -2.27. The molecule has 1 saturated carbocycles. The number of hydrogen-bond donors (Lipinski definition) is 2. The first kappa shape index (κ1) is 21.6. The Hall–Kier alpha value is -2.66. The van der Waals surface area contributed by atoms with Crippen molar-refractivity contribution in [3.8, 4) is 5.75 Å². The van der Waals surface area contributed by atoms with Crippen LogP contribution in [-0.4, -0.2) is 39.5 Å². The molecule has 1 aromatic carbocycles. The van der Waals surface area contributed by atoms with E-state index in [0.29, 0.717) is 34.2 Å². The number of methoxy groups -OCH3 is 1. The maximum Gasteiger partial charge on any atom is 0.434 e. The number of nitrogens with one attached hydrogen (secondary N) is 1. The number of carbonyl (C=O) groups is 1. The van der Waals surface area contributed by atoms with Crippen molar-refractivity contribution in [2.75, 3.05) is 19.0 Å². The van der Waals surface area contributed by atoms with Gasteiger partial charge in [0.05, 0.1) is 24.4 Å². The predicted molar refractivity (Wildman–Crippen MR) is 109 cm³/mol. The van der Waals surface area contributed by atoms with Crippen LogP contribution in [0.3, 0.4) is 0 Å². The zero-order chi connectivity index (χ0) is 22.2. The predicted octanol–water partition coefficient (Wildman–Crippen LogP) is 4.50. The lowest BCUT2D eigenvalue weighted by molar-refractivity contribution is -0.140. The molecule has 4 rings (SSSR count). The Balaban J connectivity index is 1.56. The van der Waals surface area contributed by atoms with Crippen molar-refractivity contribution in [3.63, 3.8) is 0 Å². The Bertz CT molecular complexity index is 1090. The van der Waals surface area contributed by atoms with Gasteiger partial charge in [-0.05, 0) is 37.7 Å². The first-order chi connectivity index (χ1) is 14.8. The van der Waals surface area contributed by atoms with E-state index in [2.05, 4.69) is 15.4 Å². The summed E-state index contributed by atoms with van der Waals surface area (Å²) in [5, 5.41) is 17.8. The third-order valence-corrected chi connectivity index (χ3v) is 6.37. The number of aliphatic hydroxyl groups is 1. The largest absolute Gasteiger partial charge is 0.494 e. The standard InChI is InChI=1S/C20H21F3N4O3S/c1-30-16-7-14-12(8-27(26-14)13-4-2-11(9-28)3-5-13)6-15(16)24-18(29)19-25-17(10-31-19)20(21,22)23/h6-8,10-11,13,28H,2-5,9H2,1H3,(H,24,29)/t11-,13-. The number of ether oxygens (including phenoxy) is 1. The van der Waals surface area contributed by atoms with E-state index in [9.17, 15) is 23.1 Å². The number of halogens is 3. The molecule has 0 saturated heterocycles. The Morgan fingerprint density at radius 1 is 1.32 bits per heavy atom. The fourth-order valence-electron chi connectivity index (χ4n) is 3.80. The van der Waals surface area contributed by atoms with Gasteiger partial charge in [0, 0.05) is 29.6 Å². The minimum absolute atomic E-state index is 0.206. The molecule has 1 amide bonds. The summed E-state index contributed by atoms with van der Waals surface area (Å²) in [5.74, 6) is -0.0533. The van der Waals surface area contributed by atoms with Crippen LogP contribution in [0.5, 0.6) is 5.75 Å². The summed E-state index contributed by atoms with van der Waals surface area (Å²) in [6.07, 6.45) is 1.01. The van der Waals surface area contributed by atoms with Gasteiger partial charge in [-0.3, -0.25) is 9.48 Å². The molecule has 2 N–H and O–H groups in total. The third kappa shape index (κ3) is 4.52. The van der Waals surface area contributed by atoms with Crippen molar-refractivity contribution in [1.29, 1.82) is 0 Å². The molecule has 3 aromatic rings. The third-order valence-electron chi connectivity index (χ3n) is 5.53. The molecule has 166 valence electrons. The number of amides is 1. The summed E-state index contributed by atoms with van der Waals surface area (Å²) >= 11 is 0.627. The molecule has 1 aliphatic carbocycles. The van der Waals surface area contributed by atoms with Crippen molar-refractivity contribution in [2.45, 2.75) is 37.9 Å². The number of fused-ring (bicyclic) bond motifs is 1. The highest BCUT2D eigenvalue weighted by atomic mass is 32.1. The molecular weight excluding hydrogens is 433 g/mol. The molecule has 0 atom stereocenters. The van der Waals surface area contributed by atoms with E-state index < -0.39 is 17.8 Å². The number of hydrogen-bond acceptors (Lipinski definition) is 6. The van der Waals surface area contributed by atoms with Crippen LogP contribution < -0.4 is 10.1 Å². The Kier molecular flexibility index (Phi) is 5.89. The van der Waals surface area contributed by atoms with Gasteiger partial charge in [-0.1, -0.05) is 0 Å². The minimum Gasteiger partial charge on any atom is -0.494 e. The number of benzene rings is 1. The molecule has 11 heteroatoms. The van der Waals surface area contributed by atoms with Gasteiger partial charge in [-0.25, -0.2) is 4.98 Å². The SMILES string of the molecule is COc1cc2nn([C@H]3CC[C@H](CO)CC3)cc2cc1NC(=O)c1nc(C(F)(F)F)cs1. The fraction of sp³-hybridized carbons (Fsp3) is 0.450. The van der Waals surface area contributed by atoms with E-state index in [1.807, 2.05) is 10.9 Å². The van der Waals surface area contributed by atoms with Crippen LogP contribution in [0.2, 0.25) is 0 Å². The second-order valence-electron chi connectivity index (χ2n) is 7.57. The highest BCUT2D eigenvalue weighted by molar-refractivity contribution is 7.11. The molecule has 2 heterocycles. The molecule has 1 aliphatic rings. The van der Waals surface area contributed by atoms with Gasteiger partial charge < -0.3 is 15.2 Å². The van der Waals surface area contributed by atoms with Crippen molar-refractivity contribution < 1.29 is 27.8 Å². The number of aromatic nitrogens is 3. The van der Waals surface area contributed by atoms with Gasteiger partial charge in [-0.2, -0.15) is 18.3 Å². The number of carbonyl (C=O) groups excluding carboxylic acids is 1. The molecule has 7 nitrogen and oxygen atoms in total. The number of aliphatic hydroxyl groups excluding tert-OH is 1. The average molecular weight is 454 g/mol. The van der Waals surface area contributed by atoms with Gasteiger partial charge in [0.1, 0.15) is 5.75 Å². The lowest BCUT2D eigenvalue weighted by atomic mass is 9.87. The molecular formula is C20H21F3N4O3S. The number of nitrogens with zero attached hydrogens (tertiary/aromatic N) is 3. The van der Waals surface area contributed by atoms with E-state index in [-0.39, 0.29) is 17.7 Å². The summed E-state index contributed by atoms with van der Waals surface area (Å²) in [6.45, 7) is 0.206. The molecule has 0 spiro atoms. The van der Waals surface area contributed by atoms with E-state index in [1.165, 1.54) is 7.11 Å². The van der Waals surface area contributed by atoms with Gasteiger partial charge >= 0.3 is 6.18 Å². The highest BCUT2D eigenvalue weighted by Gasteiger charge is 2.34. The zero-order valence-corrected chi connectivity index (χ0v) is 17.5. The number of thiazole rings is 1. The van der Waals surface area contributed by atoms with Crippen LogP contribution in [0.25, 0.3) is 10.9 Å². The van der Waals surface area contributed by atoms with Crippen LogP contribution >= 0.6 is 11.3 Å². The smallest absolute Gasteiger partial charge is 0.434 e. The summed E-state index contributed by atoms with van der Waals surface area (Å²) in [7, 11) is 1.44. The van der Waals surface area contributed by atoms with Crippen LogP contribution in [0.15, 0.2) is 23.7 Å². The summed E-state index contributed by atoms with van der Waals surface area (Å²) in [4.78, 5) is 15.8. The van der Waals surface area contributed by atoms with E-state index in [1.54, 1.807) is 12.1 Å². The van der Waals surface area contributed by atoms with E-state index in [4.69, 9.17) is 4.74 Å². The summed E-state index contributed by atoms with van der Waals surface area (Å²) in [5.41, 5.74) is -0.0812. The maximum atomic E-state index is 12.8. The van der Waals surface area contributed by atoms with Crippen molar-refractivity contribution >= 4 is 33.8 Å².